The van der Waals surface area contributed by atoms with Crippen molar-refractivity contribution in [2.45, 2.75) is 51.6 Å². The summed E-state index contributed by atoms with van der Waals surface area (Å²) in [5, 5.41) is 3.09. The number of aromatic nitrogens is 6. The second-order valence-corrected chi connectivity index (χ2v) is 9.27. The standard InChI is InChI=1S/C20H26ClN9O/c1-20(2,3)19-23-7-12-17(29-19)28-13(27-12)9-30-6-4-5-11(8-30)26-18(31)15-14(21)16(22)25-10-24-15/h7,10-11H,4-6,8-9H2,1-3H3,(H,26,31)(H2,22,24,25)(H,23,27,28,29)/p+1. The third-order valence-corrected chi connectivity index (χ3v) is 5.66. The summed E-state index contributed by atoms with van der Waals surface area (Å²) in [6.07, 6.45) is 4.99. The van der Waals surface area contributed by atoms with Crippen LogP contribution in [0.4, 0.5) is 5.82 Å². The number of nitrogens with two attached hydrogens (primary N) is 1. The fraction of sp³-hybridized carbons (Fsp3) is 0.500. The van der Waals surface area contributed by atoms with E-state index < -0.39 is 0 Å². The number of H-pyrrole nitrogens is 2. The number of amides is 1. The van der Waals surface area contributed by atoms with Crippen molar-refractivity contribution in [1.29, 1.82) is 0 Å². The maximum atomic E-state index is 12.6. The van der Waals surface area contributed by atoms with Gasteiger partial charge < -0.3 is 16.0 Å². The van der Waals surface area contributed by atoms with Crippen LogP contribution in [0.2, 0.25) is 5.02 Å². The van der Waals surface area contributed by atoms with Gasteiger partial charge in [-0.2, -0.15) is 4.98 Å². The van der Waals surface area contributed by atoms with Gasteiger partial charge in [-0.15, -0.1) is 0 Å². The fourth-order valence-corrected chi connectivity index (χ4v) is 3.86. The van der Waals surface area contributed by atoms with E-state index in [4.69, 9.17) is 17.3 Å². The monoisotopic (exact) mass is 444 g/mol. The third kappa shape index (κ3) is 4.75. The van der Waals surface area contributed by atoms with E-state index in [-0.39, 0.29) is 33.9 Å². The van der Waals surface area contributed by atoms with E-state index in [1.54, 1.807) is 0 Å². The number of anilines is 1. The highest BCUT2D eigenvalue weighted by Crippen LogP contribution is 2.20. The number of carbonyl (C=O) groups excluding carboxylic acids is 1. The van der Waals surface area contributed by atoms with Gasteiger partial charge in [-0.3, -0.25) is 9.69 Å². The van der Waals surface area contributed by atoms with Crippen LogP contribution in [0.5, 0.6) is 0 Å². The first-order chi connectivity index (χ1) is 14.7. The molecular formula is C20H27ClN9O+. The number of carbonyl (C=O) groups is 1. The van der Waals surface area contributed by atoms with Gasteiger partial charge in [0.1, 0.15) is 29.2 Å². The van der Waals surface area contributed by atoms with Gasteiger partial charge in [0.15, 0.2) is 11.2 Å². The molecule has 0 aromatic carbocycles. The molecule has 1 unspecified atom stereocenters. The molecule has 1 atom stereocenters. The maximum absolute atomic E-state index is 12.6. The SMILES string of the molecule is CC(C)(C)c1nc2nc(CN3CCCC(NC(=O)c4ncnc(N)c4Cl)C3)[nH]c2c[nH+]1. The van der Waals surface area contributed by atoms with Crippen molar-refractivity contribution >= 4 is 34.5 Å². The van der Waals surface area contributed by atoms with E-state index in [1.807, 2.05) is 6.20 Å². The molecule has 31 heavy (non-hydrogen) atoms. The zero-order valence-electron chi connectivity index (χ0n) is 17.9. The van der Waals surface area contributed by atoms with Crippen LogP contribution in [-0.4, -0.2) is 54.9 Å². The molecule has 10 nitrogen and oxygen atoms in total. The number of piperidine rings is 1. The molecule has 1 aliphatic rings. The number of nitrogens with one attached hydrogen (secondary N) is 3. The summed E-state index contributed by atoms with van der Waals surface area (Å²) in [5.74, 6) is 1.49. The first-order valence-electron chi connectivity index (χ1n) is 10.3. The summed E-state index contributed by atoms with van der Waals surface area (Å²) in [5.41, 5.74) is 7.27. The third-order valence-electron chi connectivity index (χ3n) is 5.29. The number of nitrogen functional groups attached to an aromatic ring is 1. The minimum atomic E-state index is -0.343. The topological polar surface area (TPSA) is 140 Å². The Kier molecular flexibility index (Phi) is 5.76. The Morgan fingerprint density at radius 1 is 1.39 bits per heavy atom. The van der Waals surface area contributed by atoms with Crippen LogP contribution in [0.3, 0.4) is 0 Å². The van der Waals surface area contributed by atoms with E-state index >= 15 is 0 Å². The largest absolute Gasteiger partial charge is 0.382 e. The Morgan fingerprint density at radius 3 is 2.97 bits per heavy atom. The Morgan fingerprint density at radius 2 is 2.19 bits per heavy atom. The highest BCUT2D eigenvalue weighted by atomic mass is 35.5. The van der Waals surface area contributed by atoms with Gasteiger partial charge in [0.25, 0.3) is 11.6 Å². The Bertz CT molecular complexity index is 1110. The van der Waals surface area contributed by atoms with Crippen LogP contribution < -0.4 is 16.0 Å². The molecular weight excluding hydrogens is 418 g/mol. The van der Waals surface area contributed by atoms with Crippen LogP contribution in [-0.2, 0) is 12.0 Å². The summed E-state index contributed by atoms with van der Waals surface area (Å²) >= 11 is 6.08. The van der Waals surface area contributed by atoms with Gasteiger partial charge in [0.2, 0.25) is 0 Å². The van der Waals surface area contributed by atoms with Gasteiger partial charge in [-0.1, -0.05) is 11.6 Å². The van der Waals surface area contributed by atoms with Crippen molar-refractivity contribution < 1.29 is 9.78 Å². The molecule has 0 aliphatic carbocycles. The summed E-state index contributed by atoms with van der Waals surface area (Å²) < 4.78 is 0. The molecule has 164 valence electrons. The average molecular weight is 445 g/mol. The minimum Gasteiger partial charge on any atom is -0.382 e. The molecule has 4 heterocycles. The molecule has 1 saturated heterocycles. The van der Waals surface area contributed by atoms with Crippen LogP contribution in [0.15, 0.2) is 12.5 Å². The molecule has 0 bridgehead atoms. The number of hydrogen-bond acceptors (Lipinski definition) is 7. The van der Waals surface area contributed by atoms with Crippen molar-refractivity contribution in [2.24, 2.45) is 0 Å². The molecule has 0 saturated carbocycles. The Balaban J connectivity index is 1.42. The normalized spacial score (nSPS) is 17.7. The number of nitrogens with zero attached hydrogens (tertiary/aromatic N) is 5. The summed E-state index contributed by atoms with van der Waals surface area (Å²) in [7, 11) is 0. The highest BCUT2D eigenvalue weighted by Gasteiger charge is 2.27. The van der Waals surface area contributed by atoms with Crippen molar-refractivity contribution in [2.75, 3.05) is 18.8 Å². The van der Waals surface area contributed by atoms with Crippen LogP contribution in [0, 0.1) is 0 Å². The van der Waals surface area contributed by atoms with E-state index in [9.17, 15) is 4.79 Å². The van der Waals surface area contributed by atoms with Gasteiger partial charge in [0, 0.05) is 12.6 Å². The lowest BCUT2D eigenvalue weighted by atomic mass is 9.96. The molecule has 1 fully saturated rings. The van der Waals surface area contributed by atoms with Crippen LogP contribution >= 0.6 is 11.6 Å². The molecule has 11 heteroatoms. The van der Waals surface area contributed by atoms with Crippen molar-refractivity contribution in [3.05, 3.63) is 34.9 Å². The van der Waals surface area contributed by atoms with Crippen LogP contribution in [0.25, 0.3) is 11.2 Å². The Hall–Kier alpha value is -2.85. The van der Waals surface area contributed by atoms with Crippen molar-refractivity contribution in [3.8, 4) is 0 Å². The minimum absolute atomic E-state index is 0.0168. The van der Waals surface area contributed by atoms with E-state index in [0.29, 0.717) is 18.7 Å². The average Bonchev–Trinajstić information content (AvgIpc) is 3.11. The van der Waals surface area contributed by atoms with Gasteiger partial charge in [-0.05, 0) is 45.1 Å². The van der Waals surface area contributed by atoms with E-state index in [1.165, 1.54) is 6.33 Å². The lowest BCUT2D eigenvalue weighted by Gasteiger charge is -2.32. The number of halogens is 1. The summed E-state index contributed by atoms with van der Waals surface area (Å²) in [4.78, 5) is 38.5. The second kappa shape index (κ2) is 8.35. The first-order valence-corrected chi connectivity index (χ1v) is 10.7. The molecule has 1 amide bonds. The smallest absolute Gasteiger partial charge is 0.304 e. The second-order valence-electron chi connectivity index (χ2n) is 8.89. The van der Waals surface area contributed by atoms with Gasteiger partial charge in [0.05, 0.1) is 12.0 Å². The lowest BCUT2D eigenvalue weighted by Crippen LogP contribution is -2.47. The molecule has 3 aromatic rings. The molecule has 1 aliphatic heterocycles. The number of aromatic amines is 2. The van der Waals surface area contributed by atoms with E-state index in [2.05, 4.69) is 60.9 Å². The zero-order chi connectivity index (χ0) is 22.2. The molecule has 5 N–H and O–H groups in total. The van der Waals surface area contributed by atoms with E-state index in [0.717, 1.165) is 36.6 Å². The molecule has 0 spiro atoms. The number of hydrogen-bond donors (Lipinski definition) is 3. The number of likely N-dealkylation sites (tertiary alicyclic amines) is 1. The summed E-state index contributed by atoms with van der Waals surface area (Å²) in [6.45, 7) is 8.60. The number of rotatable bonds is 4. The predicted molar refractivity (Wildman–Crippen MR) is 116 cm³/mol. The van der Waals surface area contributed by atoms with Crippen molar-refractivity contribution in [3.63, 3.8) is 0 Å². The fourth-order valence-electron chi connectivity index (χ4n) is 3.68. The first kappa shape index (κ1) is 21.4. The predicted octanol–water partition coefficient (Wildman–Crippen LogP) is 1.49. The summed E-state index contributed by atoms with van der Waals surface area (Å²) in [6, 6.07) is -0.0168. The number of imidazole rings is 1. The lowest BCUT2D eigenvalue weighted by molar-refractivity contribution is -0.400. The van der Waals surface area contributed by atoms with Gasteiger partial charge in [-0.25, -0.2) is 15.0 Å². The maximum Gasteiger partial charge on any atom is 0.304 e. The highest BCUT2D eigenvalue weighted by molar-refractivity contribution is 6.35. The molecule has 0 radical (unpaired) electrons. The quantitative estimate of drug-likeness (QED) is 0.553. The van der Waals surface area contributed by atoms with Crippen LogP contribution in [0.1, 0.15) is 55.8 Å². The zero-order valence-corrected chi connectivity index (χ0v) is 18.6. The Labute approximate surface area is 185 Å². The van der Waals surface area contributed by atoms with Gasteiger partial charge >= 0.3 is 5.82 Å². The molecule has 3 aromatic heterocycles. The molecule has 4 rings (SSSR count). The number of fused-ring (bicyclic) bond motifs is 1. The van der Waals surface area contributed by atoms with Crippen molar-refractivity contribution in [1.82, 2.24) is 35.1 Å².